The van der Waals surface area contributed by atoms with Crippen LogP contribution in [0.3, 0.4) is 0 Å². The van der Waals surface area contributed by atoms with Crippen LogP contribution in [0, 0.1) is 11.3 Å². The number of aromatic nitrogens is 1. The number of hydrogen-bond donors (Lipinski definition) is 1. The highest BCUT2D eigenvalue weighted by atomic mass is 31.2. The molecular weight excluding hydrogens is 513 g/mol. The summed E-state index contributed by atoms with van der Waals surface area (Å²) in [5, 5.41) is 10.2. The van der Waals surface area contributed by atoms with Gasteiger partial charge >= 0.3 is 7.82 Å². The Morgan fingerprint density at radius 2 is 1.33 bits per heavy atom. The molecule has 0 aliphatic rings. The number of nitriles is 1. The van der Waals surface area contributed by atoms with Gasteiger partial charge in [-0.25, -0.2) is 4.57 Å². The summed E-state index contributed by atoms with van der Waals surface area (Å²) in [7, 11) is -2.17. The second-order valence-corrected chi connectivity index (χ2v) is 10.3. The average molecular weight is 540 g/mol. The lowest BCUT2D eigenvalue weighted by atomic mass is 10.1. The molecule has 1 aromatic heterocycles. The molecule has 39 heavy (non-hydrogen) atoms. The third-order valence-corrected chi connectivity index (χ3v) is 7.39. The summed E-state index contributed by atoms with van der Waals surface area (Å²) in [6.07, 6.45) is 0. The minimum absolute atomic E-state index is 0.0608. The molecule has 4 aromatic carbocycles. The molecule has 0 saturated carbocycles. The van der Waals surface area contributed by atoms with Gasteiger partial charge in [-0.3, -0.25) is 9.05 Å². The molecule has 0 atom stereocenters. The molecule has 0 bridgehead atoms. The Balaban J connectivity index is 1.31. The van der Waals surface area contributed by atoms with E-state index >= 15 is 0 Å². The van der Waals surface area contributed by atoms with Crippen molar-refractivity contribution in [2.45, 2.75) is 13.2 Å². The number of nitrogens with zero attached hydrogens (tertiary/aromatic N) is 2. The second kappa shape index (κ2) is 11.5. The standard InChI is InChI=1S/C30H26N3O5P/c1-33-29-17-16-26(18-27(29)28(19-31)30(33)32)37-24-12-14-25(15-13-24)38-39(34,35-20-22-8-4-2-5-9-22)36-21-23-10-6-3-7-11-23/h2-18H,20-21,32H2,1H3. The smallest absolute Gasteiger partial charge is 0.457 e. The van der Waals surface area contributed by atoms with E-state index in [-0.39, 0.29) is 13.2 Å². The van der Waals surface area contributed by atoms with Crippen molar-refractivity contribution in [1.82, 2.24) is 4.57 Å². The van der Waals surface area contributed by atoms with Gasteiger partial charge in [0.1, 0.15) is 34.7 Å². The zero-order valence-corrected chi connectivity index (χ0v) is 22.1. The maximum absolute atomic E-state index is 13.6. The van der Waals surface area contributed by atoms with Crippen LogP contribution in [0.25, 0.3) is 10.9 Å². The summed E-state index contributed by atoms with van der Waals surface area (Å²) >= 11 is 0. The Morgan fingerprint density at radius 1 is 0.795 bits per heavy atom. The van der Waals surface area contributed by atoms with E-state index in [4.69, 9.17) is 24.0 Å². The van der Waals surface area contributed by atoms with Crippen LogP contribution in [-0.4, -0.2) is 4.57 Å². The minimum Gasteiger partial charge on any atom is -0.457 e. The van der Waals surface area contributed by atoms with E-state index in [1.54, 1.807) is 41.0 Å². The molecule has 0 unspecified atom stereocenters. The van der Waals surface area contributed by atoms with E-state index in [0.29, 0.717) is 34.0 Å². The van der Waals surface area contributed by atoms with Crippen molar-refractivity contribution in [3.05, 3.63) is 120 Å². The maximum atomic E-state index is 13.6. The van der Waals surface area contributed by atoms with Gasteiger partial charge in [-0.2, -0.15) is 5.26 Å². The Kier molecular flexibility index (Phi) is 7.67. The van der Waals surface area contributed by atoms with E-state index in [1.165, 1.54) is 0 Å². The van der Waals surface area contributed by atoms with Crippen LogP contribution < -0.4 is 15.0 Å². The number of phosphoric acid groups is 1. The van der Waals surface area contributed by atoms with Gasteiger partial charge in [-0.1, -0.05) is 60.7 Å². The molecule has 5 rings (SSSR count). The van der Waals surface area contributed by atoms with Gasteiger partial charge in [0.15, 0.2) is 0 Å². The Labute approximate surface area is 226 Å². The summed E-state index contributed by atoms with van der Waals surface area (Å²) in [4.78, 5) is 0. The van der Waals surface area contributed by atoms with E-state index in [0.717, 1.165) is 16.6 Å². The molecule has 0 saturated heterocycles. The van der Waals surface area contributed by atoms with Crippen molar-refractivity contribution in [1.29, 1.82) is 5.26 Å². The van der Waals surface area contributed by atoms with Gasteiger partial charge in [0.05, 0.1) is 18.7 Å². The van der Waals surface area contributed by atoms with Crippen LogP contribution in [0.1, 0.15) is 16.7 Å². The van der Waals surface area contributed by atoms with Crippen molar-refractivity contribution in [3.8, 4) is 23.3 Å². The second-order valence-electron chi connectivity index (χ2n) is 8.74. The molecule has 8 nitrogen and oxygen atoms in total. The lowest BCUT2D eigenvalue weighted by molar-refractivity contribution is 0.143. The topological polar surface area (TPSA) is 109 Å². The molecule has 196 valence electrons. The number of fused-ring (bicyclic) bond motifs is 1. The van der Waals surface area contributed by atoms with Gasteiger partial charge in [0, 0.05) is 12.4 Å². The lowest BCUT2D eigenvalue weighted by Crippen LogP contribution is -2.03. The molecule has 0 aliphatic carbocycles. The van der Waals surface area contributed by atoms with Gasteiger partial charge < -0.3 is 19.6 Å². The van der Waals surface area contributed by atoms with Crippen molar-refractivity contribution >= 4 is 24.5 Å². The van der Waals surface area contributed by atoms with E-state index in [2.05, 4.69) is 6.07 Å². The van der Waals surface area contributed by atoms with Crippen LogP contribution >= 0.6 is 7.82 Å². The van der Waals surface area contributed by atoms with Crippen molar-refractivity contribution in [2.75, 3.05) is 5.73 Å². The third kappa shape index (κ3) is 6.14. The SMILES string of the molecule is Cn1c(N)c(C#N)c2cc(Oc3ccc(OP(=O)(OCc4ccccc4)OCc4ccccc4)cc3)ccc21. The van der Waals surface area contributed by atoms with E-state index in [1.807, 2.05) is 73.8 Å². The fourth-order valence-electron chi connectivity index (χ4n) is 4.00. The predicted octanol–water partition coefficient (Wildman–Crippen LogP) is 7.34. The number of ether oxygens (including phenoxy) is 1. The molecule has 9 heteroatoms. The van der Waals surface area contributed by atoms with Gasteiger partial charge in [-0.15, -0.1) is 0 Å². The summed E-state index contributed by atoms with van der Waals surface area (Å²) < 4.78 is 38.5. The highest BCUT2D eigenvalue weighted by Crippen LogP contribution is 2.51. The van der Waals surface area contributed by atoms with E-state index in [9.17, 15) is 9.83 Å². The van der Waals surface area contributed by atoms with Gasteiger partial charge in [-0.05, 0) is 53.6 Å². The van der Waals surface area contributed by atoms with Crippen LogP contribution in [-0.2, 0) is 33.9 Å². The van der Waals surface area contributed by atoms with Crippen molar-refractivity contribution in [3.63, 3.8) is 0 Å². The number of hydrogen-bond acceptors (Lipinski definition) is 7. The fourth-order valence-corrected chi connectivity index (χ4v) is 5.18. The quantitative estimate of drug-likeness (QED) is 0.185. The molecule has 0 radical (unpaired) electrons. The molecule has 1 heterocycles. The van der Waals surface area contributed by atoms with Crippen LogP contribution in [0.2, 0.25) is 0 Å². The lowest BCUT2D eigenvalue weighted by Gasteiger charge is -2.19. The number of aryl methyl sites for hydroxylation is 1. The first-order chi connectivity index (χ1) is 18.9. The normalized spacial score (nSPS) is 11.3. The first-order valence-corrected chi connectivity index (χ1v) is 13.6. The molecule has 2 N–H and O–H groups in total. The van der Waals surface area contributed by atoms with Crippen molar-refractivity contribution < 1.29 is 22.9 Å². The predicted molar refractivity (Wildman–Crippen MR) is 149 cm³/mol. The zero-order valence-electron chi connectivity index (χ0n) is 21.2. The fraction of sp³-hybridized carbons (Fsp3) is 0.100. The maximum Gasteiger partial charge on any atom is 0.530 e. The first kappa shape index (κ1) is 26.1. The van der Waals surface area contributed by atoms with Crippen LogP contribution in [0.5, 0.6) is 17.2 Å². The highest BCUT2D eigenvalue weighted by Gasteiger charge is 2.29. The number of rotatable bonds is 10. The number of phosphoric ester groups is 1. The molecule has 5 aromatic rings. The Bertz CT molecular complexity index is 1620. The molecule has 0 amide bonds. The summed E-state index contributed by atoms with van der Waals surface area (Å²) in [5.41, 5.74) is 8.96. The van der Waals surface area contributed by atoms with Crippen LogP contribution in [0.4, 0.5) is 5.82 Å². The zero-order chi connectivity index (χ0) is 27.2. The average Bonchev–Trinajstić information content (AvgIpc) is 3.21. The summed E-state index contributed by atoms with van der Waals surface area (Å²) in [6, 6.07) is 33.0. The largest absolute Gasteiger partial charge is 0.530 e. The highest BCUT2D eigenvalue weighted by molar-refractivity contribution is 7.48. The number of nitrogen functional groups attached to an aromatic ring is 1. The van der Waals surface area contributed by atoms with Gasteiger partial charge in [0.2, 0.25) is 0 Å². The van der Waals surface area contributed by atoms with Crippen molar-refractivity contribution in [2.24, 2.45) is 7.05 Å². The number of anilines is 1. The third-order valence-electron chi connectivity index (χ3n) is 6.07. The monoisotopic (exact) mass is 539 g/mol. The summed E-state index contributed by atoms with van der Waals surface area (Å²) in [6.45, 7) is 0.122. The summed E-state index contributed by atoms with van der Waals surface area (Å²) in [5.74, 6) is 1.76. The van der Waals surface area contributed by atoms with E-state index < -0.39 is 7.82 Å². The molecule has 0 fully saturated rings. The molecule has 0 spiro atoms. The van der Waals surface area contributed by atoms with Gasteiger partial charge in [0.25, 0.3) is 0 Å². The number of benzene rings is 4. The minimum atomic E-state index is -3.98. The van der Waals surface area contributed by atoms with Crippen LogP contribution in [0.15, 0.2) is 103 Å². The Hall–Kier alpha value is -4.54. The molecule has 0 aliphatic heterocycles. The molecular formula is C30H26N3O5P. The first-order valence-electron chi connectivity index (χ1n) is 12.2. The number of nitrogens with two attached hydrogens (primary N) is 1. The Morgan fingerprint density at radius 3 is 1.90 bits per heavy atom.